The molecule has 0 aliphatic heterocycles. The van der Waals surface area contributed by atoms with E-state index in [2.05, 4.69) is 6.92 Å². The number of primary amides is 1. The number of hydrogen-bond donors (Lipinski definition) is 1. The molecule has 0 aromatic heterocycles. The molecular weight excluding hydrogens is 206 g/mol. The van der Waals surface area contributed by atoms with E-state index in [4.69, 9.17) is 15.2 Å². The van der Waals surface area contributed by atoms with Gasteiger partial charge < -0.3 is 15.2 Å². The summed E-state index contributed by atoms with van der Waals surface area (Å²) in [4.78, 5) is 11.2. The first-order valence-corrected chi connectivity index (χ1v) is 5.19. The molecule has 0 aliphatic carbocycles. The molecule has 1 aromatic carbocycles. The van der Waals surface area contributed by atoms with Crippen LogP contribution in [0.2, 0.25) is 0 Å². The molecular formula is C12H17NO3. The molecule has 88 valence electrons. The summed E-state index contributed by atoms with van der Waals surface area (Å²) in [6.07, 6.45) is 1.87. The summed E-state index contributed by atoms with van der Waals surface area (Å²) in [5.41, 5.74) is 6.63. The Hall–Kier alpha value is -1.71. The predicted molar refractivity (Wildman–Crippen MR) is 62.1 cm³/mol. The highest BCUT2D eigenvalue weighted by Gasteiger charge is 2.17. The van der Waals surface area contributed by atoms with Crippen molar-refractivity contribution >= 4 is 5.91 Å². The highest BCUT2D eigenvalue weighted by molar-refractivity contribution is 5.96. The fraction of sp³-hybridized carbons (Fsp3) is 0.417. The van der Waals surface area contributed by atoms with Gasteiger partial charge in [0.2, 0.25) is 0 Å². The third-order valence-corrected chi connectivity index (χ3v) is 2.39. The molecule has 0 radical (unpaired) electrons. The topological polar surface area (TPSA) is 61.6 Å². The number of carbonyl (C=O) groups excluding carboxylic acids is 1. The third kappa shape index (κ3) is 2.27. The lowest BCUT2D eigenvalue weighted by Gasteiger charge is -2.14. The van der Waals surface area contributed by atoms with Crippen molar-refractivity contribution in [2.45, 2.75) is 19.8 Å². The Morgan fingerprint density at radius 2 is 1.88 bits per heavy atom. The van der Waals surface area contributed by atoms with Gasteiger partial charge in [-0.1, -0.05) is 19.4 Å². The normalized spacial score (nSPS) is 9.94. The van der Waals surface area contributed by atoms with Gasteiger partial charge in [0.1, 0.15) is 0 Å². The highest BCUT2D eigenvalue weighted by Crippen LogP contribution is 2.35. The average molecular weight is 223 g/mol. The molecule has 0 unspecified atom stereocenters. The quantitative estimate of drug-likeness (QED) is 0.827. The highest BCUT2D eigenvalue weighted by atomic mass is 16.5. The van der Waals surface area contributed by atoms with Crippen LogP contribution in [0.25, 0.3) is 0 Å². The van der Waals surface area contributed by atoms with Crippen molar-refractivity contribution in [3.05, 3.63) is 23.3 Å². The predicted octanol–water partition coefficient (Wildman–Crippen LogP) is 1.76. The van der Waals surface area contributed by atoms with Crippen molar-refractivity contribution < 1.29 is 14.3 Å². The number of methoxy groups -OCH3 is 2. The molecule has 0 saturated carbocycles. The van der Waals surface area contributed by atoms with Gasteiger partial charge in [-0.25, -0.2) is 0 Å². The summed E-state index contributed by atoms with van der Waals surface area (Å²) >= 11 is 0. The van der Waals surface area contributed by atoms with Crippen LogP contribution in [0.3, 0.4) is 0 Å². The van der Waals surface area contributed by atoms with Crippen LogP contribution < -0.4 is 15.2 Å². The van der Waals surface area contributed by atoms with Crippen LogP contribution in [0, 0.1) is 0 Å². The lowest BCUT2D eigenvalue weighted by Crippen LogP contribution is -2.13. The van der Waals surface area contributed by atoms with Crippen molar-refractivity contribution in [1.82, 2.24) is 0 Å². The Balaban J connectivity index is 3.33. The number of carbonyl (C=O) groups is 1. The Kier molecular flexibility index (Phi) is 4.17. The zero-order chi connectivity index (χ0) is 12.1. The molecule has 0 atom stereocenters. The van der Waals surface area contributed by atoms with Gasteiger partial charge in [0.25, 0.3) is 5.91 Å². The van der Waals surface area contributed by atoms with E-state index in [1.165, 1.54) is 7.11 Å². The number of rotatable bonds is 5. The van der Waals surface area contributed by atoms with Gasteiger partial charge in [0, 0.05) is 0 Å². The first-order valence-electron chi connectivity index (χ1n) is 5.19. The standard InChI is InChI=1S/C12H17NO3/c1-4-5-8-6-7-9(12(13)14)11(16-3)10(8)15-2/h6-7H,4-5H2,1-3H3,(H2,13,14). The number of nitrogens with two attached hydrogens (primary N) is 1. The lowest BCUT2D eigenvalue weighted by molar-refractivity contribution is 0.0996. The molecule has 0 heterocycles. The smallest absolute Gasteiger partial charge is 0.252 e. The molecule has 0 spiro atoms. The van der Waals surface area contributed by atoms with E-state index in [0.29, 0.717) is 17.1 Å². The molecule has 2 N–H and O–H groups in total. The second-order valence-corrected chi connectivity index (χ2v) is 3.45. The van der Waals surface area contributed by atoms with E-state index in [0.717, 1.165) is 18.4 Å². The van der Waals surface area contributed by atoms with Crippen LogP contribution >= 0.6 is 0 Å². The van der Waals surface area contributed by atoms with Gasteiger partial charge in [-0.2, -0.15) is 0 Å². The maximum Gasteiger partial charge on any atom is 0.252 e. The first-order chi connectivity index (χ1) is 7.65. The minimum atomic E-state index is -0.516. The molecule has 1 amide bonds. The maximum absolute atomic E-state index is 11.2. The van der Waals surface area contributed by atoms with Crippen LogP contribution in [-0.4, -0.2) is 20.1 Å². The number of amides is 1. The van der Waals surface area contributed by atoms with E-state index in [9.17, 15) is 4.79 Å². The molecule has 0 fully saturated rings. The van der Waals surface area contributed by atoms with E-state index < -0.39 is 5.91 Å². The Morgan fingerprint density at radius 1 is 1.25 bits per heavy atom. The summed E-state index contributed by atoms with van der Waals surface area (Å²) in [6, 6.07) is 3.53. The van der Waals surface area contributed by atoms with Crippen molar-refractivity contribution in [2.24, 2.45) is 5.73 Å². The molecule has 4 nitrogen and oxygen atoms in total. The second kappa shape index (κ2) is 5.39. The van der Waals surface area contributed by atoms with Crippen molar-refractivity contribution in [3.63, 3.8) is 0 Å². The van der Waals surface area contributed by atoms with Crippen molar-refractivity contribution in [2.75, 3.05) is 14.2 Å². The Labute approximate surface area is 95.3 Å². The number of benzene rings is 1. The van der Waals surface area contributed by atoms with Crippen LogP contribution in [0.4, 0.5) is 0 Å². The minimum absolute atomic E-state index is 0.346. The van der Waals surface area contributed by atoms with E-state index in [1.807, 2.05) is 6.07 Å². The lowest BCUT2D eigenvalue weighted by atomic mass is 10.0. The fourth-order valence-corrected chi connectivity index (χ4v) is 1.69. The van der Waals surface area contributed by atoms with Crippen LogP contribution in [-0.2, 0) is 6.42 Å². The summed E-state index contributed by atoms with van der Waals surface area (Å²) in [7, 11) is 3.06. The fourth-order valence-electron chi connectivity index (χ4n) is 1.69. The van der Waals surface area contributed by atoms with Gasteiger partial charge in [0.05, 0.1) is 19.8 Å². The molecule has 4 heteroatoms. The first kappa shape index (κ1) is 12.4. The van der Waals surface area contributed by atoms with Gasteiger partial charge >= 0.3 is 0 Å². The summed E-state index contributed by atoms with van der Waals surface area (Å²) < 4.78 is 10.5. The second-order valence-electron chi connectivity index (χ2n) is 3.45. The summed E-state index contributed by atoms with van der Waals surface area (Å²) in [6.45, 7) is 2.08. The van der Waals surface area contributed by atoms with Crippen molar-refractivity contribution in [3.8, 4) is 11.5 Å². The van der Waals surface area contributed by atoms with Crippen LogP contribution in [0.15, 0.2) is 12.1 Å². The zero-order valence-electron chi connectivity index (χ0n) is 9.87. The van der Waals surface area contributed by atoms with E-state index in [1.54, 1.807) is 13.2 Å². The summed E-state index contributed by atoms with van der Waals surface area (Å²) in [5.74, 6) is 0.500. The monoisotopic (exact) mass is 223 g/mol. The maximum atomic E-state index is 11.2. The zero-order valence-corrected chi connectivity index (χ0v) is 9.87. The Morgan fingerprint density at radius 3 is 2.31 bits per heavy atom. The van der Waals surface area contributed by atoms with Crippen LogP contribution in [0.1, 0.15) is 29.3 Å². The number of ether oxygens (including phenoxy) is 2. The van der Waals surface area contributed by atoms with Crippen molar-refractivity contribution in [1.29, 1.82) is 0 Å². The molecule has 16 heavy (non-hydrogen) atoms. The largest absolute Gasteiger partial charge is 0.493 e. The van der Waals surface area contributed by atoms with Gasteiger partial charge in [-0.15, -0.1) is 0 Å². The Bertz CT molecular complexity index is 388. The third-order valence-electron chi connectivity index (χ3n) is 2.39. The van der Waals surface area contributed by atoms with E-state index in [-0.39, 0.29) is 0 Å². The average Bonchev–Trinajstić information content (AvgIpc) is 2.28. The minimum Gasteiger partial charge on any atom is -0.493 e. The molecule has 1 aromatic rings. The van der Waals surface area contributed by atoms with Gasteiger partial charge in [-0.3, -0.25) is 4.79 Å². The van der Waals surface area contributed by atoms with Crippen LogP contribution in [0.5, 0.6) is 11.5 Å². The SMILES string of the molecule is CCCc1ccc(C(N)=O)c(OC)c1OC. The number of hydrogen-bond acceptors (Lipinski definition) is 3. The summed E-state index contributed by atoms with van der Waals surface area (Å²) in [5, 5.41) is 0. The molecule has 1 rings (SSSR count). The van der Waals surface area contributed by atoms with Gasteiger partial charge in [-0.05, 0) is 18.1 Å². The number of aryl methyl sites for hydroxylation is 1. The van der Waals surface area contributed by atoms with Gasteiger partial charge in [0.15, 0.2) is 11.5 Å². The molecule has 0 saturated heterocycles. The van der Waals surface area contributed by atoms with E-state index >= 15 is 0 Å². The molecule has 0 aliphatic rings. The molecule has 0 bridgehead atoms.